The average Bonchev–Trinajstić information content (AvgIpc) is 3.02. The Morgan fingerprint density at radius 3 is 1.65 bits per heavy atom. The third-order valence-corrected chi connectivity index (χ3v) is 3.64. The monoisotopic (exact) mass is 312 g/mol. The van der Waals surface area contributed by atoms with Crippen LogP contribution in [0.3, 0.4) is 0 Å². The predicted octanol–water partition coefficient (Wildman–Crippen LogP) is -0.0556. The zero-order chi connectivity index (χ0) is 16.6. The molecule has 2 N–H and O–H groups in total. The Bertz CT molecular complexity index is 745. The number of methoxy groups -OCH3 is 1. The molecular formula is C16H12N2O5. The maximum Gasteiger partial charge on any atom is 0.255 e. The zero-order valence-corrected chi connectivity index (χ0v) is 12.1. The minimum Gasteiger partial charge on any atom is -0.497 e. The second kappa shape index (κ2) is 5.53. The fraction of sp³-hybridized carbons (Fsp3) is 0.125. The molecule has 7 heteroatoms. The first-order valence-electron chi connectivity index (χ1n) is 6.77. The molecule has 7 nitrogen and oxygen atoms in total. The molecular weight excluding hydrogens is 300 g/mol. The summed E-state index contributed by atoms with van der Waals surface area (Å²) in [6.45, 7) is 0. The molecule has 2 aliphatic heterocycles. The van der Waals surface area contributed by atoms with Crippen LogP contribution in [-0.4, -0.2) is 30.7 Å². The van der Waals surface area contributed by atoms with Crippen LogP contribution in [0.2, 0.25) is 0 Å². The van der Waals surface area contributed by atoms with Gasteiger partial charge in [0.15, 0.2) is 0 Å². The highest BCUT2D eigenvalue weighted by molar-refractivity contribution is 6.21. The molecule has 2 heterocycles. The van der Waals surface area contributed by atoms with Crippen molar-refractivity contribution in [3.05, 3.63) is 53.1 Å². The van der Waals surface area contributed by atoms with Gasteiger partial charge >= 0.3 is 0 Å². The molecule has 1 aromatic rings. The summed E-state index contributed by atoms with van der Waals surface area (Å²) >= 11 is 0. The fourth-order valence-corrected chi connectivity index (χ4v) is 2.61. The molecule has 2 aliphatic rings. The maximum atomic E-state index is 12.0. The standard InChI is InChI=1S/C16H12N2O5/c1-23-9-4-2-8(3-5-9)14(10-6-12(19)17-15(10)21)11-7-13(20)18-16(11)22/h2-7,14H,1H3,(H,17,19,21)(H,18,20,22). The van der Waals surface area contributed by atoms with E-state index in [1.54, 1.807) is 24.3 Å². The average molecular weight is 312 g/mol. The first-order chi connectivity index (χ1) is 11.0. The van der Waals surface area contributed by atoms with E-state index in [1.807, 2.05) is 0 Å². The molecule has 1 aromatic carbocycles. The van der Waals surface area contributed by atoms with Gasteiger partial charge in [0.25, 0.3) is 23.6 Å². The molecule has 0 unspecified atom stereocenters. The molecule has 0 saturated carbocycles. The van der Waals surface area contributed by atoms with Gasteiger partial charge in [-0.05, 0) is 17.7 Å². The Kier molecular flexibility index (Phi) is 3.53. The first kappa shape index (κ1) is 14.7. The van der Waals surface area contributed by atoms with E-state index in [9.17, 15) is 19.2 Å². The van der Waals surface area contributed by atoms with Gasteiger partial charge in [0, 0.05) is 29.2 Å². The molecule has 0 aromatic heterocycles. The minimum absolute atomic E-state index is 0.122. The molecule has 116 valence electrons. The van der Waals surface area contributed by atoms with Crippen molar-refractivity contribution >= 4 is 23.6 Å². The van der Waals surface area contributed by atoms with Crippen LogP contribution in [-0.2, 0) is 19.2 Å². The molecule has 4 amide bonds. The van der Waals surface area contributed by atoms with E-state index < -0.39 is 29.5 Å². The van der Waals surface area contributed by atoms with Crippen molar-refractivity contribution in [2.45, 2.75) is 5.92 Å². The highest BCUT2D eigenvalue weighted by Crippen LogP contribution is 2.35. The number of rotatable bonds is 4. The number of carbonyl (C=O) groups excluding carboxylic acids is 4. The number of hydrogen-bond acceptors (Lipinski definition) is 5. The van der Waals surface area contributed by atoms with Gasteiger partial charge in [-0.25, -0.2) is 0 Å². The Balaban J connectivity index is 2.10. The van der Waals surface area contributed by atoms with Crippen LogP contribution in [0.15, 0.2) is 47.6 Å². The van der Waals surface area contributed by atoms with E-state index in [2.05, 4.69) is 10.6 Å². The van der Waals surface area contributed by atoms with Crippen molar-refractivity contribution in [1.29, 1.82) is 0 Å². The predicted molar refractivity (Wildman–Crippen MR) is 78.2 cm³/mol. The SMILES string of the molecule is COc1ccc(C(C2=CC(=O)NC2=O)C2=CC(=O)NC2=O)cc1. The Morgan fingerprint density at radius 1 is 0.826 bits per heavy atom. The summed E-state index contributed by atoms with van der Waals surface area (Å²) in [5.41, 5.74) is 0.838. The Hall–Kier alpha value is -3.22. The fourth-order valence-electron chi connectivity index (χ4n) is 2.61. The summed E-state index contributed by atoms with van der Waals surface area (Å²) in [4.78, 5) is 46.9. The van der Waals surface area contributed by atoms with E-state index in [4.69, 9.17) is 4.74 Å². The number of nitrogens with one attached hydrogen (secondary N) is 2. The number of benzene rings is 1. The highest BCUT2D eigenvalue weighted by Gasteiger charge is 2.37. The Morgan fingerprint density at radius 2 is 1.30 bits per heavy atom. The van der Waals surface area contributed by atoms with Gasteiger partial charge in [0.2, 0.25) is 0 Å². The van der Waals surface area contributed by atoms with E-state index in [0.29, 0.717) is 11.3 Å². The zero-order valence-electron chi connectivity index (χ0n) is 12.1. The van der Waals surface area contributed by atoms with Crippen LogP contribution in [0.1, 0.15) is 11.5 Å². The number of amides is 4. The van der Waals surface area contributed by atoms with Crippen molar-refractivity contribution in [3.63, 3.8) is 0 Å². The van der Waals surface area contributed by atoms with Gasteiger partial charge in [0.05, 0.1) is 7.11 Å². The molecule has 0 spiro atoms. The van der Waals surface area contributed by atoms with Gasteiger partial charge in [-0.1, -0.05) is 12.1 Å². The van der Waals surface area contributed by atoms with Gasteiger partial charge < -0.3 is 4.74 Å². The number of hydrogen-bond donors (Lipinski definition) is 2. The normalized spacial score (nSPS) is 17.1. The largest absolute Gasteiger partial charge is 0.497 e. The molecule has 0 radical (unpaired) electrons. The number of imide groups is 2. The number of ether oxygens (including phenoxy) is 1. The van der Waals surface area contributed by atoms with Gasteiger partial charge in [-0.15, -0.1) is 0 Å². The number of carbonyl (C=O) groups is 4. The van der Waals surface area contributed by atoms with Crippen LogP contribution < -0.4 is 15.4 Å². The molecule has 0 saturated heterocycles. The second-order valence-electron chi connectivity index (χ2n) is 5.04. The van der Waals surface area contributed by atoms with Crippen molar-refractivity contribution in [1.82, 2.24) is 10.6 Å². The smallest absolute Gasteiger partial charge is 0.255 e. The van der Waals surface area contributed by atoms with Crippen molar-refractivity contribution < 1.29 is 23.9 Å². The first-order valence-corrected chi connectivity index (χ1v) is 6.77. The summed E-state index contributed by atoms with van der Waals surface area (Å²) in [6, 6.07) is 6.70. The lowest BCUT2D eigenvalue weighted by molar-refractivity contribution is -0.125. The summed E-state index contributed by atoms with van der Waals surface area (Å²) in [7, 11) is 1.52. The molecule has 0 fully saturated rings. The molecule has 23 heavy (non-hydrogen) atoms. The minimum atomic E-state index is -0.807. The summed E-state index contributed by atoms with van der Waals surface area (Å²) in [5, 5.41) is 4.30. The molecule has 0 atom stereocenters. The molecule has 3 rings (SSSR count). The summed E-state index contributed by atoms with van der Waals surface area (Å²) in [5.74, 6) is -2.46. The Labute approximate surface area is 131 Å². The van der Waals surface area contributed by atoms with Crippen molar-refractivity contribution in [3.8, 4) is 5.75 Å². The van der Waals surface area contributed by atoms with Crippen molar-refractivity contribution in [2.24, 2.45) is 0 Å². The van der Waals surface area contributed by atoms with E-state index >= 15 is 0 Å². The van der Waals surface area contributed by atoms with Crippen LogP contribution in [0.5, 0.6) is 5.75 Å². The van der Waals surface area contributed by atoms with Crippen LogP contribution in [0.25, 0.3) is 0 Å². The third-order valence-electron chi connectivity index (χ3n) is 3.64. The lowest BCUT2D eigenvalue weighted by Crippen LogP contribution is -2.27. The topological polar surface area (TPSA) is 102 Å². The molecule has 0 bridgehead atoms. The second-order valence-corrected chi connectivity index (χ2v) is 5.04. The third kappa shape index (κ3) is 2.64. The van der Waals surface area contributed by atoms with Crippen molar-refractivity contribution in [2.75, 3.05) is 7.11 Å². The van der Waals surface area contributed by atoms with Gasteiger partial charge in [-0.3, -0.25) is 29.8 Å². The molecule has 0 aliphatic carbocycles. The maximum absolute atomic E-state index is 12.0. The van der Waals surface area contributed by atoms with Gasteiger partial charge in [-0.2, -0.15) is 0 Å². The van der Waals surface area contributed by atoms with E-state index in [0.717, 1.165) is 12.2 Å². The summed E-state index contributed by atoms with van der Waals surface area (Å²) < 4.78 is 5.08. The lowest BCUT2D eigenvalue weighted by atomic mass is 9.84. The highest BCUT2D eigenvalue weighted by atomic mass is 16.5. The van der Waals surface area contributed by atoms with Crippen LogP contribution >= 0.6 is 0 Å². The van der Waals surface area contributed by atoms with Crippen LogP contribution in [0.4, 0.5) is 0 Å². The quantitative estimate of drug-likeness (QED) is 0.759. The van der Waals surface area contributed by atoms with Crippen LogP contribution in [0, 0.1) is 0 Å². The van der Waals surface area contributed by atoms with E-state index in [-0.39, 0.29) is 11.1 Å². The van der Waals surface area contributed by atoms with Gasteiger partial charge in [0.1, 0.15) is 5.75 Å². The summed E-state index contributed by atoms with van der Waals surface area (Å²) in [6.07, 6.45) is 2.29. The lowest BCUT2D eigenvalue weighted by Gasteiger charge is -2.18. The van der Waals surface area contributed by atoms with E-state index in [1.165, 1.54) is 7.11 Å².